The molecule has 1 amide bonds. The first-order chi connectivity index (χ1) is 11.8. The summed E-state index contributed by atoms with van der Waals surface area (Å²) >= 11 is 0. The van der Waals surface area contributed by atoms with Gasteiger partial charge in [-0.1, -0.05) is 18.2 Å². The number of nitrogens with zero attached hydrogens (tertiary/aromatic N) is 4. The van der Waals surface area contributed by atoms with Crippen LogP contribution < -0.4 is 0 Å². The fraction of sp³-hybridized carbons (Fsp3) is 0.263. The summed E-state index contributed by atoms with van der Waals surface area (Å²) in [5.41, 5.74) is 2.81. The van der Waals surface area contributed by atoms with Crippen LogP contribution in [0.2, 0.25) is 0 Å². The van der Waals surface area contributed by atoms with Crippen molar-refractivity contribution in [3.05, 3.63) is 66.4 Å². The van der Waals surface area contributed by atoms with Crippen LogP contribution in [0, 0.1) is 5.92 Å². The second kappa shape index (κ2) is 6.35. The molecule has 1 aliphatic heterocycles. The molecule has 0 saturated carbocycles. The van der Waals surface area contributed by atoms with E-state index in [-0.39, 0.29) is 5.91 Å². The molecule has 1 atom stereocenters. The smallest absolute Gasteiger partial charge is 0.256 e. The van der Waals surface area contributed by atoms with Gasteiger partial charge in [-0.15, -0.1) is 0 Å². The van der Waals surface area contributed by atoms with Crippen molar-refractivity contribution in [2.24, 2.45) is 5.92 Å². The van der Waals surface area contributed by atoms with Gasteiger partial charge in [0.25, 0.3) is 5.91 Å². The second-order valence-electron chi connectivity index (χ2n) is 6.27. The van der Waals surface area contributed by atoms with E-state index in [1.807, 2.05) is 29.3 Å². The van der Waals surface area contributed by atoms with E-state index in [0.717, 1.165) is 31.4 Å². The van der Waals surface area contributed by atoms with E-state index in [4.69, 9.17) is 0 Å². The van der Waals surface area contributed by atoms with Crippen LogP contribution in [-0.2, 0) is 6.42 Å². The first kappa shape index (κ1) is 14.8. The molecule has 3 aromatic rings. The summed E-state index contributed by atoms with van der Waals surface area (Å²) in [7, 11) is 0. The maximum Gasteiger partial charge on any atom is 0.256 e. The van der Waals surface area contributed by atoms with Crippen molar-refractivity contribution in [3.8, 4) is 0 Å². The van der Waals surface area contributed by atoms with Crippen LogP contribution in [0.25, 0.3) is 10.9 Å². The van der Waals surface area contributed by atoms with Crippen molar-refractivity contribution >= 4 is 16.8 Å². The molecular formula is C19H18N4O. The van der Waals surface area contributed by atoms with Crippen LogP contribution in [0.5, 0.6) is 0 Å². The number of carbonyl (C=O) groups excluding carboxylic acids is 1. The highest BCUT2D eigenvalue weighted by Gasteiger charge is 2.27. The molecule has 0 aliphatic carbocycles. The fourth-order valence-electron chi connectivity index (χ4n) is 3.34. The van der Waals surface area contributed by atoms with Gasteiger partial charge in [-0.05, 0) is 36.5 Å². The van der Waals surface area contributed by atoms with E-state index in [9.17, 15) is 4.79 Å². The number of benzene rings is 1. The summed E-state index contributed by atoms with van der Waals surface area (Å²) in [6, 6.07) is 10.4. The van der Waals surface area contributed by atoms with Gasteiger partial charge in [0.1, 0.15) is 6.33 Å². The minimum Gasteiger partial charge on any atom is -0.338 e. The van der Waals surface area contributed by atoms with E-state index in [2.05, 4.69) is 27.1 Å². The minimum absolute atomic E-state index is 0.0229. The number of para-hydroxylation sites is 1. The maximum absolute atomic E-state index is 12.5. The lowest BCUT2D eigenvalue weighted by atomic mass is 9.99. The molecule has 1 fully saturated rings. The van der Waals surface area contributed by atoms with Crippen molar-refractivity contribution in [1.82, 2.24) is 19.9 Å². The maximum atomic E-state index is 12.5. The highest BCUT2D eigenvalue weighted by molar-refractivity contribution is 5.93. The number of likely N-dealkylation sites (tertiary alicyclic amines) is 1. The number of rotatable bonds is 3. The molecule has 0 radical (unpaired) electrons. The van der Waals surface area contributed by atoms with E-state index in [0.29, 0.717) is 11.5 Å². The average molecular weight is 318 g/mol. The molecule has 5 heteroatoms. The van der Waals surface area contributed by atoms with E-state index < -0.39 is 0 Å². The molecule has 0 unspecified atom stereocenters. The zero-order valence-electron chi connectivity index (χ0n) is 13.3. The van der Waals surface area contributed by atoms with Crippen LogP contribution in [0.1, 0.15) is 22.3 Å². The summed E-state index contributed by atoms with van der Waals surface area (Å²) in [5.74, 6) is 0.497. The number of pyridine rings is 1. The van der Waals surface area contributed by atoms with Crippen LogP contribution in [-0.4, -0.2) is 38.8 Å². The Labute approximate surface area is 140 Å². The van der Waals surface area contributed by atoms with E-state index in [1.165, 1.54) is 17.3 Å². The summed E-state index contributed by atoms with van der Waals surface area (Å²) in [6.45, 7) is 1.57. The van der Waals surface area contributed by atoms with Crippen molar-refractivity contribution in [2.45, 2.75) is 12.8 Å². The zero-order valence-corrected chi connectivity index (χ0v) is 13.3. The van der Waals surface area contributed by atoms with Gasteiger partial charge in [0.05, 0.1) is 11.1 Å². The third-order valence-corrected chi connectivity index (χ3v) is 4.55. The van der Waals surface area contributed by atoms with E-state index in [1.54, 1.807) is 12.4 Å². The van der Waals surface area contributed by atoms with Gasteiger partial charge in [-0.3, -0.25) is 9.78 Å². The van der Waals surface area contributed by atoms with Gasteiger partial charge in [0.2, 0.25) is 0 Å². The molecule has 3 heterocycles. The Morgan fingerprint density at radius 2 is 2.00 bits per heavy atom. The largest absolute Gasteiger partial charge is 0.338 e. The zero-order chi connectivity index (χ0) is 16.4. The van der Waals surface area contributed by atoms with Crippen molar-refractivity contribution < 1.29 is 4.79 Å². The third-order valence-electron chi connectivity index (χ3n) is 4.55. The SMILES string of the molecule is O=C(c1cncnc1)N1CC[C@H](Cc2cnc3ccccc3c2)C1. The fourth-order valence-corrected chi connectivity index (χ4v) is 3.34. The molecule has 120 valence electrons. The van der Waals surface area contributed by atoms with Crippen LogP contribution in [0.15, 0.2) is 55.2 Å². The van der Waals surface area contributed by atoms with Crippen LogP contribution in [0.4, 0.5) is 0 Å². The third kappa shape index (κ3) is 2.97. The lowest BCUT2D eigenvalue weighted by Crippen LogP contribution is -2.29. The van der Waals surface area contributed by atoms with Gasteiger partial charge in [0, 0.05) is 37.1 Å². The monoisotopic (exact) mass is 318 g/mol. The van der Waals surface area contributed by atoms with Crippen LogP contribution in [0.3, 0.4) is 0 Å². The molecule has 2 aromatic heterocycles. The Bertz CT molecular complexity index is 865. The summed E-state index contributed by atoms with van der Waals surface area (Å²) in [5, 5.41) is 1.17. The van der Waals surface area contributed by atoms with Gasteiger partial charge < -0.3 is 4.90 Å². The Morgan fingerprint density at radius 3 is 2.88 bits per heavy atom. The normalized spacial score (nSPS) is 17.3. The molecule has 0 spiro atoms. The predicted octanol–water partition coefficient (Wildman–Crippen LogP) is 2.73. The Hall–Kier alpha value is -2.82. The van der Waals surface area contributed by atoms with Crippen molar-refractivity contribution in [2.75, 3.05) is 13.1 Å². The second-order valence-corrected chi connectivity index (χ2v) is 6.27. The molecule has 5 nitrogen and oxygen atoms in total. The number of fused-ring (bicyclic) bond motifs is 1. The number of amides is 1. The quantitative estimate of drug-likeness (QED) is 0.745. The Balaban J connectivity index is 1.44. The van der Waals surface area contributed by atoms with Gasteiger partial charge in [-0.2, -0.15) is 0 Å². The first-order valence-electron chi connectivity index (χ1n) is 8.17. The molecule has 1 aliphatic rings. The molecule has 4 rings (SSSR count). The molecule has 1 aromatic carbocycles. The Morgan fingerprint density at radius 1 is 1.17 bits per heavy atom. The topological polar surface area (TPSA) is 59.0 Å². The minimum atomic E-state index is 0.0229. The predicted molar refractivity (Wildman–Crippen MR) is 91.5 cm³/mol. The molecule has 0 bridgehead atoms. The standard InChI is InChI=1S/C19H18N4O/c24-19(17-10-20-13-21-11-17)23-6-5-14(12-23)7-15-8-16-3-1-2-4-18(16)22-9-15/h1-4,8-11,13-14H,5-7,12H2/t14-/m1/s1. The highest BCUT2D eigenvalue weighted by atomic mass is 16.2. The summed E-state index contributed by atoms with van der Waals surface area (Å²) in [4.78, 5) is 26.7. The number of hydrogen-bond acceptors (Lipinski definition) is 4. The molecule has 1 saturated heterocycles. The van der Waals surface area contributed by atoms with E-state index >= 15 is 0 Å². The number of hydrogen-bond donors (Lipinski definition) is 0. The van der Waals surface area contributed by atoms with Crippen molar-refractivity contribution in [1.29, 1.82) is 0 Å². The summed E-state index contributed by atoms with van der Waals surface area (Å²) < 4.78 is 0. The highest BCUT2D eigenvalue weighted by Crippen LogP contribution is 2.23. The number of aromatic nitrogens is 3. The van der Waals surface area contributed by atoms with Crippen LogP contribution >= 0.6 is 0 Å². The Kier molecular flexibility index (Phi) is 3.91. The first-order valence-corrected chi connectivity index (χ1v) is 8.17. The lowest BCUT2D eigenvalue weighted by Gasteiger charge is -2.16. The number of carbonyl (C=O) groups is 1. The van der Waals surface area contributed by atoms with Gasteiger partial charge in [-0.25, -0.2) is 9.97 Å². The van der Waals surface area contributed by atoms with Gasteiger partial charge in [0.15, 0.2) is 0 Å². The lowest BCUT2D eigenvalue weighted by molar-refractivity contribution is 0.0786. The molecule has 24 heavy (non-hydrogen) atoms. The average Bonchev–Trinajstić information content (AvgIpc) is 3.10. The van der Waals surface area contributed by atoms with Gasteiger partial charge >= 0.3 is 0 Å². The molecular weight excluding hydrogens is 300 g/mol. The molecule has 0 N–H and O–H groups in total. The summed E-state index contributed by atoms with van der Waals surface area (Å²) in [6.07, 6.45) is 8.53. The van der Waals surface area contributed by atoms with Crippen molar-refractivity contribution in [3.63, 3.8) is 0 Å².